The van der Waals surface area contributed by atoms with Gasteiger partial charge in [-0.15, -0.1) is 0 Å². The van der Waals surface area contributed by atoms with Crippen molar-refractivity contribution >= 4 is 23.0 Å². The van der Waals surface area contributed by atoms with Crippen LogP contribution in [-0.4, -0.2) is 49.4 Å². The molecule has 3 aromatic heterocycles. The number of aryl methyl sites for hydroxylation is 1. The third-order valence-corrected chi connectivity index (χ3v) is 6.16. The summed E-state index contributed by atoms with van der Waals surface area (Å²) < 4.78 is 13.4. The minimum absolute atomic E-state index is 0.208. The Balaban J connectivity index is 1.35. The van der Waals surface area contributed by atoms with Crippen LogP contribution in [0.3, 0.4) is 0 Å². The molecule has 0 atom stereocenters. The number of pyridine rings is 1. The second-order valence-corrected chi connectivity index (χ2v) is 9.95. The van der Waals surface area contributed by atoms with Gasteiger partial charge in [0.25, 0.3) is 0 Å². The van der Waals surface area contributed by atoms with Crippen LogP contribution in [0.15, 0.2) is 47.1 Å². The molecule has 1 aromatic carbocycles. The van der Waals surface area contributed by atoms with Crippen molar-refractivity contribution in [1.29, 1.82) is 0 Å². The summed E-state index contributed by atoms with van der Waals surface area (Å²) in [4.78, 5) is 23.1. The Morgan fingerprint density at radius 1 is 1.17 bits per heavy atom. The van der Waals surface area contributed by atoms with Crippen molar-refractivity contribution in [2.24, 2.45) is 0 Å². The van der Waals surface area contributed by atoms with Gasteiger partial charge < -0.3 is 19.8 Å². The van der Waals surface area contributed by atoms with E-state index in [0.717, 1.165) is 35.2 Å². The van der Waals surface area contributed by atoms with E-state index in [9.17, 15) is 4.79 Å². The second-order valence-electron chi connectivity index (χ2n) is 9.95. The molecule has 0 bridgehead atoms. The van der Waals surface area contributed by atoms with Crippen molar-refractivity contribution in [1.82, 2.24) is 24.6 Å². The quantitative estimate of drug-likeness (QED) is 0.433. The number of fused-ring (bicyclic) bond motifs is 1. The molecular formula is C26H30N6O3. The number of oxazole rings is 1. The Bertz CT molecular complexity index is 1340. The Hall–Kier alpha value is -3.88. The smallest absolute Gasteiger partial charge is 0.410 e. The summed E-state index contributed by atoms with van der Waals surface area (Å²) >= 11 is 0. The molecule has 2 N–H and O–H groups in total. The van der Waals surface area contributed by atoms with Crippen molar-refractivity contribution in [3.8, 4) is 22.6 Å². The third kappa shape index (κ3) is 4.71. The third-order valence-electron chi connectivity index (χ3n) is 6.16. The monoisotopic (exact) mass is 474 g/mol. The summed E-state index contributed by atoms with van der Waals surface area (Å²) in [5, 5.41) is 4.78. The summed E-state index contributed by atoms with van der Waals surface area (Å²) in [7, 11) is 0. The molecule has 4 aromatic rings. The number of piperidine rings is 1. The van der Waals surface area contributed by atoms with Crippen molar-refractivity contribution in [3.05, 3.63) is 48.4 Å². The number of rotatable bonds is 3. The van der Waals surface area contributed by atoms with E-state index in [4.69, 9.17) is 20.0 Å². The van der Waals surface area contributed by atoms with E-state index in [2.05, 4.69) is 9.97 Å². The van der Waals surface area contributed by atoms with Crippen LogP contribution < -0.4 is 5.73 Å². The van der Waals surface area contributed by atoms with E-state index >= 15 is 0 Å². The van der Waals surface area contributed by atoms with Crippen LogP contribution in [0, 0.1) is 6.92 Å². The highest BCUT2D eigenvalue weighted by Gasteiger charge is 2.28. The van der Waals surface area contributed by atoms with E-state index < -0.39 is 5.60 Å². The fraction of sp³-hybridized carbons (Fsp3) is 0.385. The standard InChI is InChI=1S/C26H30N6O3/c1-16-20(15-32(30-16)18-9-11-31(12-10-18)25(33)35-26(2,3)4)17-13-19(23(27)28-14-17)24-29-21-7-5-6-8-22(21)34-24/h5-8,13-15,18H,9-12H2,1-4H3,(H2,27,28). The zero-order chi connectivity index (χ0) is 24.7. The number of hydrogen-bond donors (Lipinski definition) is 1. The van der Waals surface area contributed by atoms with Gasteiger partial charge >= 0.3 is 6.09 Å². The molecule has 1 aliphatic rings. The molecule has 0 spiro atoms. The molecule has 9 nitrogen and oxygen atoms in total. The van der Waals surface area contributed by atoms with E-state index in [0.29, 0.717) is 35.9 Å². The molecule has 1 amide bonds. The number of nitrogen functional groups attached to an aromatic ring is 1. The van der Waals surface area contributed by atoms with E-state index in [1.165, 1.54) is 0 Å². The summed E-state index contributed by atoms with van der Waals surface area (Å²) in [6, 6.07) is 9.76. The van der Waals surface area contributed by atoms with Gasteiger partial charge in [0.2, 0.25) is 5.89 Å². The first-order valence-electron chi connectivity index (χ1n) is 11.8. The number of nitrogens with two attached hydrogens (primary N) is 1. The average molecular weight is 475 g/mol. The van der Waals surface area contributed by atoms with Crippen molar-refractivity contribution < 1.29 is 13.9 Å². The maximum absolute atomic E-state index is 12.4. The number of carbonyl (C=O) groups is 1. The Morgan fingerprint density at radius 3 is 2.63 bits per heavy atom. The van der Waals surface area contributed by atoms with E-state index in [1.54, 1.807) is 11.1 Å². The number of para-hydroxylation sites is 2. The number of aromatic nitrogens is 4. The number of anilines is 1. The molecule has 0 aliphatic carbocycles. The highest BCUT2D eigenvalue weighted by Crippen LogP contribution is 2.33. The molecule has 35 heavy (non-hydrogen) atoms. The first-order chi connectivity index (χ1) is 16.7. The first kappa shape index (κ1) is 22.9. The van der Waals surface area contributed by atoms with Crippen LogP contribution >= 0.6 is 0 Å². The zero-order valence-electron chi connectivity index (χ0n) is 20.5. The fourth-order valence-corrected chi connectivity index (χ4v) is 4.37. The normalized spacial score (nSPS) is 15.0. The van der Waals surface area contributed by atoms with Gasteiger partial charge in [0.05, 0.1) is 17.3 Å². The number of ether oxygens (including phenoxy) is 1. The lowest BCUT2D eigenvalue weighted by Gasteiger charge is -2.33. The lowest BCUT2D eigenvalue weighted by molar-refractivity contribution is 0.0184. The zero-order valence-corrected chi connectivity index (χ0v) is 20.5. The molecule has 182 valence electrons. The number of nitrogens with zero attached hydrogens (tertiary/aromatic N) is 5. The molecule has 4 heterocycles. The number of benzene rings is 1. The topological polar surface area (TPSA) is 112 Å². The van der Waals surface area contributed by atoms with Crippen LogP contribution in [-0.2, 0) is 4.74 Å². The van der Waals surface area contributed by atoms with E-state index in [1.807, 2.05) is 68.9 Å². The highest BCUT2D eigenvalue weighted by molar-refractivity contribution is 5.81. The van der Waals surface area contributed by atoms with Crippen molar-refractivity contribution in [2.45, 2.75) is 52.2 Å². The van der Waals surface area contributed by atoms with Crippen LogP contribution in [0.4, 0.5) is 10.6 Å². The summed E-state index contributed by atoms with van der Waals surface area (Å²) in [5.41, 5.74) is 10.6. The molecule has 0 saturated carbocycles. The molecule has 0 radical (unpaired) electrons. The van der Waals surface area contributed by atoms with Gasteiger partial charge in [-0.3, -0.25) is 4.68 Å². The average Bonchev–Trinajstić information content (AvgIpc) is 3.42. The molecule has 1 fully saturated rings. The first-order valence-corrected chi connectivity index (χ1v) is 11.8. The second kappa shape index (κ2) is 8.72. The maximum atomic E-state index is 12.4. The SMILES string of the molecule is Cc1nn(C2CCN(C(=O)OC(C)(C)C)CC2)cc1-c1cnc(N)c(-c2nc3ccccc3o2)c1. The summed E-state index contributed by atoms with van der Waals surface area (Å²) in [5.74, 6) is 0.803. The van der Waals surface area contributed by atoms with Gasteiger partial charge in [-0.05, 0) is 58.7 Å². The van der Waals surface area contributed by atoms with Gasteiger partial charge in [0, 0.05) is 36.6 Å². The van der Waals surface area contributed by atoms with Gasteiger partial charge in [-0.25, -0.2) is 14.8 Å². The Morgan fingerprint density at radius 2 is 1.91 bits per heavy atom. The molecular weight excluding hydrogens is 444 g/mol. The minimum atomic E-state index is -0.494. The lowest BCUT2D eigenvalue weighted by atomic mass is 10.0. The Labute approximate surface area is 203 Å². The van der Waals surface area contributed by atoms with Gasteiger partial charge in [-0.1, -0.05) is 12.1 Å². The molecule has 0 unspecified atom stereocenters. The van der Waals surface area contributed by atoms with Gasteiger partial charge in [0.1, 0.15) is 16.9 Å². The van der Waals surface area contributed by atoms with Crippen LogP contribution in [0.1, 0.15) is 45.3 Å². The number of carbonyl (C=O) groups excluding carboxylic acids is 1. The highest BCUT2D eigenvalue weighted by atomic mass is 16.6. The number of likely N-dealkylation sites (tertiary alicyclic amines) is 1. The molecule has 9 heteroatoms. The van der Waals surface area contributed by atoms with Crippen LogP contribution in [0.2, 0.25) is 0 Å². The molecule has 5 rings (SSSR count). The van der Waals surface area contributed by atoms with Gasteiger partial charge in [-0.2, -0.15) is 5.10 Å². The van der Waals surface area contributed by atoms with Crippen molar-refractivity contribution in [3.63, 3.8) is 0 Å². The summed E-state index contributed by atoms with van der Waals surface area (Å²) in [6.45, 7) is 8.91. The largest absolute Gasteiger partial charge is 0.444 e. The minimum Gasteiger partial charge on any atom is -0.444 e. The summed E-state index contributed by atoms with van der Waals surface area (Å²) in [6.07, 6.45) is 5.17. The molecule has 1 saturated heterocycles. The number of amides is 1. The Kier molecular flexibility index (Phi) is 5.70. The predicted molar refractivity (Wildman–Crippen MR) is 134 cm³/mol. The molecule has 1 aliphatic heterocycles. The van der Waals surface area contributed by atoms with Crippen LogP contribution in [0.25, 0.3) is 33.7 Å². The lowest BCUT2D eigenvalue weighted by Crippen LogP contribution is -2.42. The van der Waals surface area contributed by atoms with E-state index in [-0.39, 0.29) is 12.1 Å². The fourth-order valence-electron chi connectivity index (χ4n) is 4.37. The van der Waals surface area contributed by atoms with Gasteiger partial charge in [0.15, 0.2) is 5.58 Å². The number of hydrogen-bond acceptors (Lipinski definition) is 7. The maximum Gasteiger partial charge on any atom is 0.410 e. The van der Waals surface area contributed by atoms with Crippen molar-refractivity contribution in [2.75, 3.05) is 18.8 Å². The van der Waals surface area contributed by atoms with Crippen LogP contribution in [0.5, 0.6) is 0 Å². The predicted octanol–water partition coefficient (Wildman–Crippen LogP) is 5.22.